The van der Waals surface area contributed by atoms with E-state index in [1.807, 2.05) is 52.0 Å². The van der Waals surface area contributed by atoms with E-state index in [-0.39, 0.29) is 0 Å². The molecule has 41 heavy (non-hydrogen) atoms. The number of aliphatic imine (C=N–C) groups is 1. The van der Waals surface area contributed by atoms with Crippen molar-refractivity contribution >= 4 is 29.6 Å². The molecule has 0 unspecified atom stereocenters. The number of hydrogen-bond acceptors (Lipinski definition) is 6. The summed E-state index contributed by atoms with van der Waals surface area (Å²) in [5, 5.41) is 28.5. The Morgan fingerprint density at radius 2 is 2.00 bits per heavy atom. The number of aromatic nitrogens is 4. The van der Waals surface area contributed by atoms with Crippen LogP contribution < -0.4 is 10.1 Å². The van der Waals surface area contributed by atoms with Gasteiger partial charge in [-0.15, -0.1) is 6.34 Å². The third-order valence-electron chi connectivity index (χ3n) is 6.83. The third-order valence-corrected chi connectivity index (χ3v) is 6.83. The number of carbonyl (C=O) groups excluding carboxylic acids is 1. The minimum Gasteiger partial charge on any atom is -0.472 e. The summed E-state index contributed by atoms with van der Waals surface area (Å²) in [4.78, 5) is 25.6. The summed E-state index contributed by atoms with van der Waals surface area (Å²) >= 11 is 0. The highest BCUT2D eigenvalue weighted by atomic mass is 16.6. The predicted octanol–water partition coefficient (Wildman–Crippen LogP) is 4.83. The lowest BCUT2D eigenvalue weighted by Gasteiger charge is -2.39. The van der Waals surface area contributed by atoms with Gasteiger partial charge < -0.3 is 40.2 Å². The summed E-state index contributed by atoms with van der Waals surface area (Å²) in [5.41, 5.74) is 1.60. The second-order valence-electron chi connectivity index (χ2n) is 11.0. The van der Waals surface area contributed by atoms with Crippen LogP contribution in [0.4, 0.5) is 10.5 Å². The van der Waals surface area contributed by atoms with Gasteiger partial charge >= 0.3 is 6.09 Å². The first-order valence-electron chi connectivity index (χ1n) is 13.3. The molecule has 3 aromatic heterocycles. The number of pyridine rings is 1. The Morgan fingerprint density at radius 1 is 1.22 bits per heavy atom. The quantitative estimate of drug-likeness (QED) is 0.227. The second kappa shape index (κ2) is 11.0. The molecule has 4 aromatic rings. The zero-order valence-corrected chi connectivity index (χ0v) is 23.5. The highest BCUT2D eigenvalue weighted by Crippen LogP contribution is 2.36. The molecule has 214 valence electrons. The van der Waals surface area contributed by atoms with Crippen molar-refractivity contribution in [1.82, 2.24) is 24.5 Å². The van der Waals surface area contributed by atoms with Gasteiger partial charge in [-0.05, 0) is 76.4 Å². The number of hydrogen-bond donors (Lipinski definition) is 3. The maximum atomic E-state index is 12.5. The standard InChI is InChI=1S/C29H33N8O4/c1-19-15-20(5-6-23(19)40-21-8-12-37-24(16-21)33-18-34-37)35-26(32-17-30)25-22(7-11-31-25)29(39)9-13-36(14-10-29)27(38)41-28(2,3)4/h5-8,11-12,15-18,39H,9-10,13-14H2,1-4H3,(H2-,30,31,32,35)/q-1. The molecule has 0 spiro atoms. The fourth-order valence-electron chi connectivity index (χ4n) is 4.79. The molecule has 1 amide bonds. The Morgan fingerprint density at radius 3 is 2.71 bits per heavy atom. The number of ether oxygens (including phenoxy) is 2. The Bertz CT molecular complexity index is 1590. The van der Waals surface area contributed by atoms with Crippen LogP contribution >= 0.6 is 0 Å². The first-order chi connectivity index (χ1) is 19.5. The van der Waals surface area contributed by atoms with Crippen LogP contribution in [-0.2, 0) is 10.3 Å². The van der Waals surface area contributed by atoms with E-state index in [0.29, 0.717) is 72.2 Å². The van der Waals surface area contributed by atoms with Crippen molar-refractivity contribution in [3.63, 3.8) is 0 Å². The second-order valence-corrected chi connectivity index (χ2v) is 11.0. The van der Waals surface area contributed by atoms with Gasteiger partial charge in [0.15, 0.2) is 5.65 Å². The lowest BCUT2D eigenvalue weighted by atomic mass is 9.84. The molecule has 1 aliphatic rings. The topological polar surface area (TPSA) is 152 Å². The van der Waals surface area contributed by atoms with Crippen LogP contribution in [0.3, 0.4) is 0 Å². The molecule has 0 radical (unpaired) electrons. The summed E-state index contributed by atoms with van der Waals surface area (Å²) < 4.78 is 13.2. The summed E-state index contributed by atoms with van der Waals surface area (Å²) in [6.07, 6.45) is 5.92. The van der Waals surface area contributed by atoms with E-state index in [2.05, 4.69) is 25.4 Å². The van der Waals surface area contributed by atoms with Crippen molar-refractivity contribution in [2.24, 2.45) is 4.99 Å². The van der Waals surface area contributed by atoms with E-state index >= 15 is 0 Å². The predicted molar refractivity (Wildman–Crippen MR) is 156 cm³/mol. The monoisotopic (exact) mass is 557 g/mol. The zero-order valence-electron chi connectivity index (χ0n) is 23.5. The van der Waals surface area contributed by atoms with Crippen molar-refractivity contribution in [3.05, 3.63) is 77.3 Å². The molecule has 0 atom stereocenters. The van der Waals surface area contributed by atoms with E-state index in [0.717, 1.165) is 5.56 Å². The number of nitrogens with zero attached hydrogens (tertiary/aromatic N) is 6. The number of likely N-dealkylation sites (tertiary alicyclic amines) is 1. The van der Waals surface area contributed by atoms with Crippen LogP contribution in [0.2, 0.25) is 0 Å². The van der Waals surface area contributed by atoms with Crippen molar-refractivity contribution in [3.8, 4) is 11.5 Å². The van der Waals surface area contributed by atoms with Gasteiger partial charge in [0.05, 0.1) is 11.3 Å². The molecule has 0 bridgehead atoms. The number of anilines is 1. The molecule has 0 saturated carbocycles. The average molecular weight is 558 g/mol. The lowest BCUT2D eigenvalue weighted by molar-refractivity contribution is -0.0356. The van der Waals surface area contributed by atoms with Crippen molar-refractivity contribution in [2.75, 3.05) is 18.4 Å². The molecule has 1 aliphatic heterocycles. The molecular weight excluding hydrogens is 524 g/mol. The molecule has 4 heterocycles. The first-order valence-corrected chi connectivity index (χ1v) is 13.3. The minimum atomic E-state index is -1.20. The molecule has 1 fully saturated rings. The summed E-state index contributed by atoms with van der Waals surface area (Å²) in [7, 11) is 0. The highest BCUT2D eigenvalue weighted by Gasteiger charge is 2.38. The third kappa shape index (κ3) is 6.22. The van der Waals surface area contributed by atoms with E-state index in [1.165, 1.54) is 6.33 Å². The summed E-state index contributed by atoms with van der Waals surface area (Å²) in [6, 6.07) is 11.0. The normalized spacial score (nSPS) is 15.5. The van der Waals surface area contributed by atoms with Gasteiger partial charge in [-0.3, -0.25) is 0 Å². The number of nitrogens with one attached hydrogen (secondary N) is 2. The van der Waals surface area contributed by atoms with E-state index < -0.39 is 17.3 Å². The van der Waals surface area contributed by atoms with Gasteiger partial charge in [-0.1, -0.05) is 0 Å². The number of piperidine rings is 1. The van der Waals surface area contributed by atoms with Crippen LogP contribution in [0.15, 0.2) is 60.1 Å². The van der Waals surface area contributed by atoms with E-state index in [9.17, 15) is 15.3 Å². The molecule has 1 saturated heterocycles. The van der Waals surface area contributed by atoms with Gasteiger partial charge in [-0.25, -0.2) is 14.3 Å². The first kappa shape index (κ1) is 27.8. The number of rotatable bonds is 6. The van der Waals surface area contributed by atoms with Gasteiger partial charge in [0.1, 0.15) is 23.4 Å². The maximum Gasteiger partial charge on any atom is 0.410 e. The average Bonchev–Trinajstić information content (AvgIpc) is 3.59. The van der Waals surface area contributed by atoms with Gasteiger partial charge in [-0.2, -0.15) is 5.10 Å². The van der Waals surface area contributed by atoms with Gasteiger partial charge in [0.25, 0.3) is 0 Å². The number of aromatic amines is 1. The lowest BCUT2D eigenvalue weighted by Crippen LogP contribution is -2.47. The number of carbonyl (C=O) groups is 1. The molecule has 0 aliphatic carbocycles. The fraction of sp³-hybridized carbons (Fsp3) is 0.345. The Kier molecular flexibility index (Phi) is 7.50. The summed E-state index contributed by atoms with van der Waals surface area (Å²) in [5.74, 6) is 1.62. The van der Waals surface area contributed by atoms with Crippen LogP contribution in [0.25, 0.3) is 11.1 Å². The summed E-state index contributed by atoms with van der Waals surface area (Å²) in [6.45, 7) is 8.08. The fourth-order valence-corrected chi connectivity index (χ4v) is 4.79. The Hall–Kier alpha value is -4.71. The van der Waals surface area contributed by atoms with Crippen LogP contribution in [-0.4, -0.2) is 66.5 Å². The van der Waals surface area contributed by atoms with Crippen LogP contribution in [0.1, 0.15) is 50.4 Å². The number of aryl methyl sites for hydroxylation is 1. The number of amidine groups is 1. The SMILES string of the molecule is Cc1cc(NC(=NC=[N-])c2[nH]ccc2C2(O)CCN(C(=O)OC(C)(C)C)CC2)ccc1Oc1ccn2ncnc2c1. The number of amides is 1. The van der Waals surface area contributed by atoms with E-state index in [4.69, 9.17) is 9.47 Å². The van der Waals surface area contributed by atoms with Crippen molar-refractivity contribution in [2.45, 2.75) is 51.7 Å². The minimum absolute atomic E-state index is 0.318. The Labute approximate surface area is 237 Å². The van der Waals surface area contributed by atoms with E-state index in [1.54, 1.807) is 33.9 Å². The largest absolute Gasteiger partial charge is 0.472 e. The number of benzene rings is 1. The number of H-pyrrole nitrogens is 1. The number of aliphatic hydroxyl groups is 1. The number of fused-ring (bicyclic) bond motifs is 1. The molecule has 12 nitrogen and oxygen atoms in total. The molecule has 12 heteroatoms. The van der Waals surface area contributed by atoms with Crippen LogP contribution in [0, 0.1) is 6.92 Å². The van der Waals surface area contributed by atoms with Crippen LogP contribution in [0.5, 0.6) is 11.5 Å². The van der Waals surface area contributed by atoms with Gasteiger partial charge in [0, 0.05) is 48.6 Å². The molecule has 5 rings (SSSR count). The zero-order chi connectivity index (χ0) is 29.2. The highest BCUT2D eigenvalue weighted by molar-refractivity contribution is 6.11. The van der Waals surface area contributed by atoms with Crippen molar-refractivity contribution < 1.29 is 19.4 Å². The molecular formula is C29H33N8O4-. The smallest absolute Gasteiger partial charge is 0.410 e. The van der Waals surface area contributed by atoms with Gasteiger partial charge in [0.2, 0.25) is 0 Å². The maximum absolute atomic E-state index is 12.5. The Balaban J connectivity index is 1.31. The molecule has 1 aromatic carbocycles. The molecule has 3 N–H and O–H groups in total. The van der Waals surface area contributed by atoms with Crippen molar-refractivity contribution in [1.29, 1.82) is 0 Å².